The minimum absolute atomic E-state index is 0.475. The highest BCUT2D eigenvalue weighted by Crippen LogP contribution is 2.53. The maximum atomic E-state index is 3.98. The molecule has 19 heavy (non-hydrogen) atoms. The zero-order chi connectivity index (χ0) is 13.7. The van der Waals surface area contributed by atoms with Crippen LogP contribution in [-0.2, 0) is 0 Å². The number of hydrogen-bond acceptors (Lipinski definition) is 1. The smallest absolute Gasteiger partial charge is 0.0450 e. The van der Waals surface area contributed by atoms with Crippen LogP contribution in [0.3, 0.4) is 0 Å². The summed E-state index contributed by atoms with van der Waals surface area (Å²) in [5.74, 6) is 0. The molecular weight excluding hydrogens is 230 g/mol. The van der Waals surface area contributed by atoms with Gasteiger partial charge in [0.1, 0.15) is 0 Å². The summed E-state index contributed by atoms with van der Waals surface area (Å²) in [6, 6.07) is 0.757. The van der Waals surface area contributed by atoms with E-state index < -0.39 is 0 Å². The largest absolute Gasteiger partial charge is 0.304 e. The average Bonchev–Trinajstić information content (AvgIpc) is 3.04. The van der Waals surface area contributed by atoms with Crippen molar-refractivity contribution in [2.45, 2.75) is 89.6 Å². The summed E-state index contributed by atoms with van der Waals surface area (Å²) in [4.78, 5) is 0. The first-order chi connectivity index (χ1) is 9.16. The van der Waals surface area contributed by atoms with E-state index in [1.807, 2.05) is 0 Å². The molecule has 0 aromatic rings. The van der Waals surface area contributed by atoms with Gasteiger partial charge in [-0.1, -0.05) is 49.8 Å². The number of nitrogens with one attached hydrogen (secondary N) is 1. The second kappa shape index (κ2) is 6.74. The lowest BCUT2D eigenvalue weighted by molar-refractivity contribution is 0.243. The highest BCUT2D eigenvalue weighted by Gasteiger charge is 2.56. The molecule has 1 saturated carbocycles. The standard InChI is InChI=1S/C18H31N/c1-4-5-6-7-8-9-10-16-13-18(16)14-17(19-18)12-11-15(2)3/h10,17,19H,2,4-9,11-14H2,1,3H3/b16-10+. The molecule has 1 heteroatoms. The molecule has 1 saturated heterocycles. The van der Waals surface area contributed by atoms with Crippen LogP contribution in [-0.4, -0.2) is 11.6 Å². The molecule has 0 aromatic heterocycles. The Bertz CT molecular complexity index is 334. The van der Waals surface area contributed by atoms with E-state index in [0.717, 1.165) is 6.04 Å². The summed E-state index contributed by atoms with van der Waals surface area (Å²) >= 11 is 0. The SMILES string of the molecule is C=C(C)CCC1CC2(C/C2=C\CCCCCCC)N1. The Morgan fingerprint density at radius 3 is 2.79 bits per heavy atom. The number of rotatable bonds is 9. The van der Waals surface area contributed by atoms with Crippen molar-refractivity contribution in [2.75, 3.05) is 0 Å². The third kappa shape index (κ3) is 4.21. The van der Waals surface area contributed by atoms with Gasteiger partial charge >= 0.3 is 0 Å². The molecule has 1 N–H and O–H groups in total. The van der Waals surface area contributed by atoms with Gasteiger partial charge in [-0.15, -0.1) is 6.58 Å². The molecule has 108 valence electrons. The molecular formula is C18H31N. The van der Waals surface area contributed by atoms with Crippen molar-refractivity contribution in [3.8, 4) is 0 Å². The number of unbranched alkanes of at least 4 members (excludes halogenated alkanes) is 5. The van der Waals surface area contributed by atoms with Crippen LogP contribution >= 0.6 is 0 Å². The van der Waals surface area contributed by atoms with Gasteiger partial charge in [-0.25, -0.2) is 0 Å². The van der Waals surface area contributed by atoms with Crippen molar-refractivity contribution in [1.82, 2.24) is 5.32 Å². The topological polar surface area (TPSA) is 12.0 Å². The number of allylic oxidation sites excluding steroid dienone is 2. The summed E-state index contributed by atoms with van der Waals surface area (Å²) in [5.41, 5.74) is 3.50. The van der Waals surface area contributed by atoms with Crippen LogP contribution < -0.4 is 5.32 Å². The molecule has 1 heterocycles. The minimum Gasteiger partial charge on any atom is -0.304 e. The van der Waals surface area contributed by atoms with E-state index in [0.29, 0.717) is 5.54 Å². The molecule has 1 aliphatic carbocycles. The van der Waals surface area contributed by atoms with Crippen LogP contribution in [0.1, 0.15) is 78.1 Å². The van der Waals surface area contributed by atoms with Gasteiger partial charge < -0.3 is 5.32 Å². The molecule has 0 radical (unpaired) electrons. The van der Waals surface area contributed by atoms with Crippen molar-refractivity contribution < 1.29 is 0 Å². The van der Waals surface area contributed by atoms with Gasteiger partial charge in [0.15, 0.2) is 0 Å². The first kappa shape index (κ1) is 14.8. The molecule has 1 spiro atoms. The van der Waals surface area contributed by atoms with E-state index in [2.05, 4.69) is 31.8 Å². The minimum atomic E-state index is 0.475. The summed E-state index contributed by atoms with van der Waals surface area (Å²) < 4.78 is 0. The summed E-state index contributed by atoms with van der Waals surface area (Å²) in [5, 5.41) is 3.79. The Morgan fingerprint density at radius 2 is 2.11 bits per heavy atom. The first-order valence-corrected chi connectivity index (χ1v) is 8.28. The molecule has 2 rings (SSSR count). The van der Waals surface area contributed by atoms with Crippen molar-refractivity contribution in [1.29, 1.82) is 0 Å². The van der Waals surface area contributed by atoms with Gasteiger partial charge in [0.2, 0.25) is 0 Å². The molecule has 2 atom stereocenters. The van der Waals surface area contributed by atoms with Crippen LogP contribution in [0.5, 0.6) is 0 Å². The lowest BCUT2D eigenvalue weighted by Gasteiger charge is -2.38. The fraction of sp³-hybridized carbons (Fsp3) is 0.778. The van der Waals surface area contributed by atoms with Gasteiger partial charge in [0.05, 0.1) is 0 Å². The van der Waals surface area contributed by atoms with Crippen LogP contribution in [0, 0.1) is 0 Å². The molecule has 0 aromatic carbocycles. The van der Waals surface area contributed by atoms with Gasteiger partial charge in [-0.2, -0.15) is 0 Å². The van der Waals surface area contributed by atoms with Crippen LogP contribution in [0.15, 0.2) is 23.8 Å². The zero-order valence-corrected chi connectivity index (χ0v) is 12.9. The van der Waals surface area contributed by atoms with E-state index in [1.54, 1.807) is 5.57 Å². The van der Waals surface area contributed by atoms with E-state index in [1.165, 1.54) is 69.8 Å². The van der Waals surface area contributed by atoms with Crippen LogP contribution in [0.2, 0.25) is 0 Å². The Labute approximate surface area is 119 Å². The van der Waals surface area contributed by atoms with Crippen molar-refractivity contribution in [2.24, 2.45) is 0 Å². The highest BCUT2D eigenvalue weighted by atomic mass is 15.1. The zero-order valence-electron chi connectivity index (χ0n) is 12.9. The summed E-state index contributed by atoms with van der Waals surface area (Å²) in [6.45, 7) is 8.40. The lowest BCUT2D eigenvalue weighted by atomic mass is 9.89. The van der Waals surface area contributed by atoms with Crippen molar-refractivity contribution in [3.63, 3.8) is 0 Å². The van der Waals surface area contributed by atoms with Gasteiger partial charge in [-0.3, -0.25) is 0 Å². The third-order valence-electron chi connectivity index (χ3n) is 4.68. The van der Waals surface area contributed by atoms with Crippen molar-refractivity contribution >= 4 is 0 Å². The van der Waals surface area contributed by atoms with Gasteiger partial charge in [-0.05, 0) is 45.4 Å². The van der Waals surface area contributed by atoms with E-state index >= 15 is 0 Å². The van der Waals surface area contributed by atoms with Gasteiger partial charge in [0, 0.05) is 11.6 Å². The quantitative estimate of drug-likeness (QED) is 0.448. The second-order valence-electron chi connectivity index (χ2n) is 6.73. The fourth-order valence-corrected chi connectivity index (χ4v) is 3.30. The predicted molar refractivity (Wildman–Crippen MR) is 84.4 cm³/mol. The van der Waals surface area contributed by atoms with E-state index in [9.17, 15) is 0 Å². The fourth-order valence-electron chi connectivity index (χ4n) is 3.30. The predicted octanol–water partition coefficient (Wildman–Crippen LogP) is 5.13. The monoisotopic (exact) mass is 261 g/mol. The molecule has 0 bridgehead atoms. The lowest BCUT2D eigenvalue weighted by Crippen LogP contribution is -2.54. The van der Waals surface area contributed by atoms with Crippen LogP contribution in [0.25, 0.3) is 0 Å². The summed E-state index contributed by atoms with van der Waals surface area (Å²) in [7, 11) is 0. The molecule has 0 amide bonds. The maximum absolute atomic E-state index is 3.98. The van der Waals surface area contributed by atoms with Crippen molar-refractivity contribution in [3.05, 3.63) is 23.8 Å². The Balaban J connectivity index is 1.54. The molecule has 2 fully saturated rings. The Morgan fingerprint density at radius 1 is 1.37 bits per heavy atom. The van der Waals surface area contributed by atoms with Crippen LogP contribution in [0.4, 0.5) is 0 Å². The van der Waals surface area contributed by atoms with E-state index in [4.69, 9.17) is 0 Å². The first-order valence-electron chi connectivity index (χ1n) is 8.28. The maximum Gasteiger partial charge on any atom is 0.0450 e. The summed E-state index contributed by atoms with van der Waals surface area (Å²) in [6.07, 6.45) is 16.0. The Hall–Kier alpha value is -0.560. The third-order valence-corrected chi connectivity index (χ3v) is 4.68. The highest BCUT2D eigenvalue weighted by molar-refractivity contribution is 5.43. The molecule has 1 aliphatic heterocycles. The van der Waals surface area contributed by atoms with Gasteiger partial charge in [0.25, 0.3) is 0 Å². The second-order valence-corrected chi connectivity index (χ2v) is 6.73. The Kier molecular flexibility index (Phi) is 5.27. The van der Waals surface area contributed by atoms with E-state index in [-0.39, 0.29) is 0 Å². The average molecular weight is 261 g/mol. The molecule has 1 nitrogen and oxygen atoms in total. The normalized spacial score (nSPS) is 30.6. The molecule has 2 aliphatic rings. The number of hydrogen-bond donors (Lipinski definition) is 1. The molecule has 2 unspecified atom stereocenters.